The molecule has 1 fully saturated rings. The molecule has 4 aromatic rings. The molecule has 39 heavy (non-hydrogen) atoms. The number of aliphatic hydroxyl groups is 1. The zero-order chi connectivity index (χ0) is 27.6. The molecule has 0 unspecified atom stereocenters. The molecule has 0 radical (unpaired) electrons. The first-order valence-electron chi connectivity index (χ1n) is 11.7. The second-order valence-electron chi connectivity index (χ2n) is 8.75. The predicted molar refractivity (Wildman–Crippen MR) is 130 cm³/mol. The average molecular weight is 542 g/mol. The Morgan fingerprint density at radius 2 is 1.92 bits per heavy atom. The molecule has 3 heterocycles. The Bertz CT molecular complexity index is 1490. The van der Waals surface area contributed by atoms with Gasteiger partial charge in [0.25, 0.3) is 5.91 Å². The molecule has 3 aromatic heterocycles. The number of hydrogen-bond donors (Lipinski definition) is 3. The lowest BCUT2D eigenvalue weighted by molar-refractivity contribution is -0.140. The van der Waals surface area contributed by atoms with Gasteiger partial charge in [-0.2, -0.15) is 18.3 Å². The lowest BCUT2D eigenvalue weighted by Gasteiger charge is -2.06. The molecule has 14 heteroatoms. The minimum Gasteiger partial charge on any atom is -0.449 e. The number of nitrogens with zero attached hydrogens (tertiary/aromatic N) is 4. The molecule has 3 N–H and O–H groups in total. The van der Waals surface area contributed by atoms with Gasteiger partial charge in [-0.1, -0.05) is 12.1 Å². The van der Waals surface area contributed by atoms with Crippen molar-refractivity contribution in [2.75, 3.05) is 17.2 Å². The fraction of sp³-hybridized carbons (Fsp3) is 0.240. The van der Waals surface area contributed by atoms with Crippen LogP contribution in [0.1, 0.15) is 34.6 Å². The van der Waals surface area contributed by atoms with Gasteiger partial charge in [0.1, 0.15) is 12.1 Å². The standard InChI is InChI=1S/C25H21F3N6O5/c26-25(27,28)21-18(10-34(33-21)17-5-3-14(11-35)4-6-17)30-22(36)19-13-38-23(31-19)16-7-8-29-20(9-16)32-24(37)39-12-15-1-2-15/h3-10,13,15,35H,1-2,11-12H2,(H,30,36)(H,29,32,37). The van der Waals surface area contributed by atoms with E-state index in [4.69, 9.17) is 14.3 Å². The van der Waals surface area contributed by atoms with Gasteiger partial charge >= 0.3 is 12.3 Å². The van der Waals surface area contributed by atoms with Crippen molar-refractivity contribution in [3.05, 3.63) is 72.0 Å². The van der Waals surface area contributed by atoms with E-state index < -0.39 is 29.6 Å². The number of ether oxygens (including phenoxy) is 1. The van der Waals surface area contributed by atoms with Crippen molar-refractivity contribution >= 4 is 23.5 Å². The maximum Gasteiger partial charge on any atom is 0.437 e. The lowest BCUT2D eigenvalue weighted by Crippen LogP contribution is -2.16. The molecule has 0 spiro atoms. The number of hydrogen-bond acceptors (Lipinski definition) is 8. The van der Waals surface area contributed by atoms with Gasteiger partial charge in [0.2, 0.25) is 5.89 Å². The molecular weight excluding hydrogens is 521 g/mol. The number of rotatable bonds is 8. The van der Waals surface area contributed by atoms with Gasteiger partial charge in [-0.15, -0.1) is 0 Å². The van der Waals surface area contributed by atoms with Crippen LogP contribution in [0.3, 0.4) is 0 Å². The quantitative estimate of drug-likeness (QED) is 0.292. The number of halogens is 3. The fourth-order valence-corrected chi connectivity index (χ4v) is 3.51. The zero-order valence-electron chi connectivity index (χ0n) is 20.1. The molecule has 2 amide bonds. The summed E-state index contributed by atoms with van der Waals surface area (Å²) >= 11 is 0. The zero-order valence-corrected chi connectivity index (χ0v) is 20.1. The predicted octanol–water partition coefficient (Wildman–Crippen LogP) is 4.64. The number of carbonyl (C=O) groups is 2. The van der Waals surface area contributed by atoms with Crippen LogP contribution in [0.25, 0.3) is 17.1 Å². The highest BCUT2D eigenvalue weighted by Gasteiger charge is 2.38. The van der Waals surface area contributed by atoms with Crippen molar-refractivity contribution < 1.29 is 37.0 Å². The third-order valence-electron chi connectivity index (χ3n) is 5.74. The summed E-state index contributed by atoms with van der Waals surface area (Å²) in [6.07, 6.45) is -0.0579. The molecule has 0 atom stereocenters. The first-order chi connectivity index (χ1) is 18.7. The molecule has 5 rings (SSSR count). The van der Waals surface area contributed by atoms with Crippen LogP contribution in [0.4, 0.5) is 29.5 Å². The van der Waals surface area contributed by atoms with E-state index in [9.17, 15) is 22.8 Å². The molecule has 1 aromatic carbocycles. The topological polar surface area (TPSA) is 144 Å². The number of oxazole rings is 1. The van der Waals surface area contributed by atoms with Gasteiger partial charge in [0.15, 0.2) is 11.4 Å². The van der Waals surface area contributed by atoms with Crippen molar-refractivity contribution in [2.24, 2.45) is 5.92 Å². The summed E-state index contributed by atoms with van der Waals surface area (Å²) in [5, 5.41) is 17.4. The summed E-state index contributed by atoms with van der Waals surface area (Å²) in [4.78, 5) is 32.8. The fourth-order valence-electron chi connectivity index (χ4n) is 3.51. The highest BCUT2D eigenvalue weighted by atomic mass is 19.4. The van der Waals surface area contributed by atoms with Crippen molar-refractivity contribution in [2.45, 2.75) is 25.6 Å². The second-order valence-corrected chi connectivity index (χ2v) is 8.75. The summed E-state index contributed by atoms with van der Waals surface area (Å²) in [5.74, 6) is -0.423. The van der Waals surface area contributed by atoms with Crippen molar-refractivity contribution in [3.63, 3.8) is 0 Å². The minimum absolute atomic E-state index is 0.0207. The molecule has 0 saturated heterocycles. The number of carbonyl (C=O) groups excluding carboxylic acids is 2. The van der Waals surface area contributed by atoms with Crippen LogP contribution >= 0.6 is 0 Å². The number of anilines is 2. The smallest absolute Gasteiger partial charge is 0.437 e. The molecule has 11 nitrogen and oxygen atoms in total. The van der Waals surface area contributed by atoms with Crippen LogP contribution in [0.2, 0.25) is 0 Å². The molecule has 1 saturated carbocycles. The molecule has 0 aliphatic heterocycles. The Morgan fingerprint density at radius 3 is 2.62 bits per heavy atom. The van der Waals surface area contributed by atoms with Crippen LogP contribution in [0.5, 0.6) is 0 Å². The number of aromatic nitrogens is 4. The summed E-state index contributed by atoms with van der Waals surface area (Å²) in [7, 11) is 0. The van der Waals surface area contributed by atoms with Gasteiger partial charge in [-0.05, 0) is 48.6 Å². The summed E-state index contributed by atoms with van der Waals surface area (Å²) in [5.41, 5.74) is -0.944. The van der Waals surface area contributed by atoms with Crippen LogP contribution in [0.15, 0.2) is 59.5 Å². The van der Waals surface area contributed by atoms with E-state index in [1.165, 1.54) is 42.6 Å². The third-order valence-corrected chi connectivity index (χ3v) is 5.74. The number of pyridine rings is 1. The van der Waals surface area contributed by atoms with E-state index in [1.807, 2.05) is 0 Å². The normalized spacial score (nSPS) is 13.2. The van der Waals surface area contributed by atoms with Crippen LogP contribution < -0.4 is 10.6 Å². The van der Waals surface area contributed by atoms with Crippen molar-refractivity contribution in [3.8, 4) is 17.1 Å². The number of alkyl halides is 3. The van der Waals surface area contributed by atoms with E-state index in [-0.39, 0.29) is 24.0 Å². The largest absolute Gasteiger partial charge is 0.449 e. The molecule has 202 valence electrons. The highest BCUT2D eigenvalue weighted by molar-refractivity contribution is 6.03. The first-order valence-corrected chi connectivity index (χ1v) is 11.7. The van der Waals surface area contributed by atoms with E-state index >= 15 is 0 Å². The summed E-state index contributed by atoms with van der Waals surface area (Å²) < 4.78 is 52.4. The maximum absolute atomic E-state index is 13.7. The van der Waals surface area contributed by atoms with Gasteiger partial charge in [-0.25, -0.2) is 19.4 Å². The Balaban J connectivity index is 1.31. The second kappa shape index (κ2) is 10.6. The van der Waals surface area contributed by atoms with Crippen LogP contribution in [0, 0.1) is 5.92 Å². The highest BCUT2D eigenvalue weighted by Crippen LogP contribution is 2.35. The maximum atomic E-state index is 13.7. The van der Waals surface area contributed by atoms with E-state index in [0.29, 0.717) is 29.3 Å². The lowest BCUT2D eigenvalue weighted by atomic mass is 10.2. The Labute approximate surface area is 218 Å². The van der Waals surface area contributed by atoms with Crippen molar-refractivity contribution in [1.82, 2.24) is 19.7 Å². The molecular formula is C25H21F3N6O5. The molecule has 1 aliphatic rings. The number of nitrogens with one attached hydrogen (secondary N) is 2. The first kappa shape index (κ1) is 25.9. The van der Waals surface area contributed by atoms with Crippen LogP contribution in [-0.2, 0) is 17.5 Å². The Hall–Kier alpha value is -4.72. The molecule has 0 bridgehead atoms. The molecule has 1 aliphatic carbocycles. The number of aliphatic hydroxyl groups excluding tert-OH is 1. The minimum atomic E-state index is -4.85. The van der Waals surface area contributed by atoms with Gasteiger partial charge in [0.05, 0.1) is 30.8 Å². The van der Waals surface area contributed by atoms with Gasteiger partial charge in [0, 0.05) is 11.8 Å². The van der Waals surface area contributed by atoms with Gasteiger partial charge in [-0.3, -0.25) is 10.1 Å². The average Bonchev–Trinajstić information content (AvgIpc) is 3.42. The summed E-state index contributed by atoms with van der Waals surface area (Å²) in [6, 6.07) is 9.01. The SMILES string of the molecule is O=C(Nc1cc(-c2nc(C(=O)Nc3cn(-c4ccc(CO)cc4)nc3C(F)(F)F)co2)ccn1)OCC1CC1. The monoisotopic (exact) mass is 542 g/mol. The summed E-state index contributed by atoms with van der Waals surface area (Å²) in [6.45, 7) is 0.104. The Morgan fingerprint density at radius 1 is 1.15 bits per heavy atom. The van der Waals surface area contributed by atoms with Gasteiger partial charge < -0.3 is 19.6 Å². The third kappa shape index (κ3) is 6.23. The van der Waals surface area contributed by atoms with E-state index in [1.54, 1.807) is 0 Å². The number of benzene rings is 1. The van der Waals surface area contributed by atoms with E-state index in [2.05, 4.69) is 25.7 Å². The van der Waals surface area contributed by atoms with E-state index in [0.717, 1.165) is 30.0 Å². The Kier molecular flexibility index (Phi) is 7.02. The van der Waals surface area contributed by atoms with Crippen molar-refractivity contribution in [1.29, 1.82) is 0 Å². The van der Waals surface area contributed by atoms with Crippen LogP contribution in [-0.4, -0.2) is 43.5 Å². The number of amides is 2.